The van der Waals surface area contributed by atoms with E-state index in [4.69, 9.17) is 4.18 Å². The molecule has 6 nitrogen and oxygen atoms in total. The normalized spacial score (nSPS) is 10.4. The van der Waals surface area contributed by atoms with Crippen molar-refractivity contribution in [3.05, 3.63) is 12.7 Å². The highest BCUT2D eigenvalue weighted by Crippen LogP contribution is 1.99. The maximum Gasteiger partial charge on any atom is 0.267 e. The Balaban J connectivity index is 0. The van der Waals surface area contributed by atoms with Gasteiger partial charge in [0.05, 0.1) is 12.4 Å². The van der Waals surface area contributed by atoms with Crippen molar-refractivity contribution in [2.45, 2.75) is 26.2 Å². The fourth-order valence-electron chi connectivity index (χ4n) is 0.922. The van der Waals surface area contributed by atoms with Gasteiger partial charge in [0.2, 0.25) is 5.91 Å². The Morgan fingerprint density at radius 3 is 2.59 bits per heavy atom. The average molecular weight is 266 g/mol. The summed E-state index contributed by atoms with van der Waals surface area (Å²) < 4.78 is 27.2. The second-order valence-corrected chi connectivity index (χ2v) is 5.05. The average Bonchev–Trinajstić information content (AvgIpc) is 2.25. The molecule has 1 amide bonds. The van der Waals surface area contributed by atoms with Gasteiger partial charge in [-0.05, 0) is 18.9 Å². The Labute approximate surface area is 103 Å². The molecular weight excluding hydrogens is 244 g/mol. The second kappa shape index (κ2) is 10.2. The monoisotopic (exact) mass is 266 g/mol. The predicted octanol–water partition coefficient (Wildman–Crippen LogP) is 0.987. The van der Waals surface area contributed by atoms with E-state index < -0.39 is 10.1 Å². The first-order valence-corrected chi connectivity index (χ1v) is 6.87. The lowest BCUT2D eigenvalue weighted by Crippen LogP contribution is -2.23. The molecule has 0 aliphatic rings. The summed E-state index contributed by atoms with van der Waals surface area (Å²) in [5.41, 5.74) is 0. The molecule has 0 aromatic heterocycles. The minimum absolute atomic E-state index is 0. The Morgan fingerprint density at radius 1 is 1.41 bits per heavy atom. The van der Waals surface area contributed by atoms with Crippen LogP contribution in [0.1, 0.15) is 26.2 Å². The summed E-state index contributed by atoms with van der Waals surface area (Å²) >= 11 is 0. The molecule has 7 heteroatoms. The van der Waals surface area contributed by atoms with Crippen LogP contribution in [0.25, 0.3) is 0 Å². The molecule has 0 heterocycles. The molecular formula is C10H22N2O4S. The zero-order valence-corrected chi connectivity index (χ0v) is 11.1. The molecule has 0 bridgehead atoms. The fourth-order valence-corrected chi connectivity index (χ4v) is 2.05. The summed E-state index contributed by atoms with van der Waals surface area (Å²) in [7, 11) is -3.38. The highest BCUT2D eigenvalue weighted by atomic mass is 32.2. The number of rotatable bonds is 9. The molecule has 0 aliphatic carbocycles. The van der Waals surface area contributed by atoms with Gasteiger partial charge < -0.3 is 11.5 Å². The first-order valence-electron chi connectivity index (χ1n) is 5.29. The van der Waals surface area contributed by atoms with Gasteiger partial charge in [0.1, 0.15) is 0 Å². The van der Waals surface area contributed by atoms with Crippen LogP contribution in [0.15, 0.2) is 12.7 Å². The quantitative estimate of drug-likeness (QED) is 0.367. The van der Waals surface area contributed by atoms with Crippen LogP contribution in [-0.2, 0) is 19.1 Å². The van der Waals surface area contributed by atoms with Gasteiger partial charge in [-0.15, -0.1) is 0 Å². The zero-order chi connectivity index (χ0) is 12.4. The Morgan fingerprint density at radius 2 is 2.06 bits per heavy atom. The minimum Gasteiger partial charge on any atom is -0.352 e. The van der Waals surface area contributed by atoms with Crippen molar-refractivity contribution in [3.8, 4) is 0 Å². The first kappa shape index (κ1) is 18.4. The van der Waals surface area contributed by atoms with Crippen LogP contribution in [0.4, 0.5) is 0 Å². The van der Waals surface area contributed by atoms with Crippen LogP contribution in [0.2, 0.25) is 0 Å². The Bertz CT molecular complexity index is 314. The molecule has 0 saturated carbocycles. The van der Waals surface area contributed by atoms with Crippen LogP contribution in [-0.4, -0.2) is 33.2 Å². The van der Waals surface area contributed by atoms with Crippen LogP contribution in [0.3, 0.4) is 0 Å². The minimum atomic E-state index is -3.38. The maximum absolute atomic E-state index is 11.2. The van der Waals surface area contributed by atoms with Crippen molar-refractivity contribution in [3.63, 3.8) is 0 Å². The zero-order valence-electron chi connectivity index (χ0n) is 10.3. The molecule has 0 spiro atoms. The van der Waals surface area contributed by atoms with Gasteiger partial charge in [0.25, 0.3) is 10.1 Å². The van der Waals surface area contributed by atoms with E-state index >= 15 is 0 Å². The van der Waals surface area contributed by atoms with E-state index in [0.717, 1.165) is 6.42 Å². The highest BCUT2D eigenvalue weighted by molar-refractivity contribution is 7.86. The number of nitrogens with one attached hydrogen (secondary N) is 1. The van der Waals surface area contributed by atoms with Gasteiger partial charge >= 0.3 is 0 Å². The third-order valence-corrected chi connectivity index (χ3v) is 3.13. The molecule has 0 aromatic carbocycles. The molecule has 0 aromatic rings. The molecule has 0 radical (unpaired) electrons. The number of amides is 1. The molecule has 0 unspecified atom stereocenters. The van der Waals surface area contributed by atoms with E-state index in [9.17, 15) is 13.2 Å². The SMILES string of the molecule is C=CC(=O)NCCCOS(=O)(=O)CCCC.N. The largest absolute Gasteiger partial charge is 0.352 e. The van der Waals surface area contributed by atoms with E-state index in [1.54, 1.807) is 0 Å². The summed E-state index contributed by atoms with van der Waals surface area (Å²) in [6.07, 6.45) is 3.05. The number of hydrogen-bond acceptors (Lipinski definition) is 5. The Hall–Kier alpha value is -0.920. The van der Waals surface area contributed by atoms with Crippen LogP contribution < -0.4 is 11.5 Å². The lowest BCUT2D eigenvalue weighted by molar-refractivity contribution is -0.116. The smallest absolute Gasteiger partial charge is 0.267 e. The van der Waals surface area contributed by atoms with Crippen LogP contribution >= 0.6 is 0 Å². The number of unbranched alkanes of at least 4 members (excludes halogenated alkanes) is 1. The van der Waals surface area contributed by atoms with E-state index in [0.29, 0.717) is 19.4 Å². The molecule has 102 valence electrons. The molecule has 0 fully saturated rings. The van der Waals surface area contributed by atoms with Gasteiger partial charge in [0.15, 0.2) is 0 Å². The first-order chi connectivity index (χ1) is 7.52. The van der Waals surface area contributed by atoms with Crippen molar-refractivity contribution in [2.75, 3.05) is 18.9 Å². The maximum atomic E-state index is 11.2. The van der Waals surface area contributed by atoms with Crippen molar-refractivity contribution < 1.29 is 17.4 Å². The summed E-state index contributed by atoms with van der Waals surface area (Å²) in [4.78, 5) is 10.7. The van der Waals surface area contributed by atoms with Gasteiger partial charge in [-0.3, -0.25) is 8.98 Å². The van der Waals surface area contributed by atoms with Crippen LogP contribution in [0, 0.1) is 0 Å². The lowest BCUT2D eigenvalue weighted by atomic mass is 10.4. The van der Waals surface area contributed by atoms with Crippen molar-refractivity contribution in [1.29, 1.82) is 0 Å². The van der Waals surface area contributed by atoms with Gasteiger partial charge in [0, 0.05) is 6.54 Å². The fraction of sp³-hybridized carbons (Fsp3) is 0.700. The van der Waals surface area contributed by atoms with Crippen molar-refractivity contribution in [1.82, 2.24) is 11.5 Å². The number of carbonyl (C=O) groups excluding carboxylic acids is 1. The standard InChI is InChI=1S/C10H19NO4S.H3N/c1-3-5-9-16(13,14)15-8-6-7-11-10(12)4-2;/h4H,2-3,5-9H2,1H3,(H,11,12);1H3. The van der Waals surface area contributed by atoms with E-state index in [-0.39, 0.29) is 24.4 Å². The summed E-state index contributed by atoms with van der Waals surface area (Å²) in [5, 5.41) is 2.53. The van der Waals surface area contributed by atoms with E-state index in [1.807, 2.05) is 6.92 Å². The van der Waals surface area contributed by atoms with Crippen molar-refractivity contribution >= 4 is 16.0 Å². The molecule has 0 aliphatic heterocycles. The summed E-state index contributed by atoms with van der Waals surface area (Å²) in [6, 6.07) is 0. The number of hydrogen-bond donors (Lipinski definition) is 2. The Kier molecular flexibility index (Phi) is 11.1. The molecule has 4 N–H and O–H groups in total. The molecule has 0 atom stereocenters. The van der Waals surface area contributed by atoms with Gasteiger partial charge in [-0.2, -0.15) is 8.42 Å². The second-order valence-electron chi connectivity index (χ2n) is 3.29. The third kappa shape index (κ3) is 11.3. The van der Waals surface area contributed by atoms with Crippen LogP contribution in [0.5, 0.6) is 0 Å². The number of carbonyl (C=O) groups is 1. The van der Waals surface area contributed by atoms with E-state index in [2.05, 4.69) is 11.9 Å². The van der Waals surface area contributed by atoms with E-state index in [1.165, 1.54) is 6.08 Å². The highest BCUT2D eigenvalue weighted by Gasteiger charge is 2.09. The van der Waals surface area contributed by atoms with Crippen molar-refractivity contribution in [2.24, 2.45) is 0 Å². The molecule has 0 rings (SSSR count). The third-order valence-electron chi connectivity index (χ3n) is 1.82. The topological polar surface area (TPSA) is 107 Å². The van der Waals surface area contributed by atoms with Gasteiger partial charge in [-0.1, -0.05) is 19.9 Å². The predicted molar refractivity (Wildman–Crippen MR) is 67.5 cm³/mol. The molecule has 0 saturated heterocycles. The molecule has 17 heavy (non-hydrogen) atoms. The lowest BCUT2D eigenvalue weighted by Gasteiger charge is -2.05. The van der Waals surface area contributed by atoms with Gasteiger partial charge in [-0.25, -0.2) is 0 Å². The summed E-state index contributed by atoms with van der Waals surface area (Å²) in [6.45, 7) is 5.69. The summed E-state index contributed by atoms with van der Waals surface area (Å²) in [5.74, 6) is -0.212.